The molecule has 0 saturated carbocycles. The number of carbonyl (C=O) groups excluding carboxylic acids is 2. The highest BCUT2D eigenvalue weighted by Crippen LogP contribution is 2.16. The SMILES string of the molecule is CCCCCCCCC(C=CC(=O)OCc1ccccc1)OC(=O)OC1CCN(C)CC1. The fraction of sp³-hybridized carbons (Fsp3) is 0.615. The number of nitrogens with zero attached hydrogens (tertiary/aromatic N) is 1. The van der Waals surface area contributed by atoms with E-state index in [1.807, 2.05) is 30.3 Å². The lowest BCUT2D eigenvalue weighted by molar-refractivity contribution is -0.139. The van der Waals surface area contributed by atoms with Gasteiger partial charge in [-0.25, -0.2) is 9.59 Å². The van der Waals surface area contributed by atoms with Crippen LogP contribution < -0.4 is 0 Å². The molecule has 1 aromatic rings. The van der Waals surface area contributed by atoms with E-state index in [0.29, 0.717) is 6.42 Å². The number of rotatable bonds is 13. The minimum atomic E-state index is -0.655. The zero-order valence-electron chi connectivity index (χ0n) is 19.7. The Hall–Kier alpha value is -2.34. The van der Waals surface area contributed by atoms with Gasteiger partial charge in [0.15, 0.2) is 0 Å². The molecular weight excluding hydrogens is 406 g/mol. The lowest BCUT2D eigenvalue weighted by Crippen LogP contribution is -2.35. The summed E-state index contributed by atoms with van der Waals surface area (Å²) in [5.41, 5.74) is 0.927. The van der Waals surface area contributed by atoms with Crippen LogP contribution in [0.25, 0.3) is 0 Å². The third-order valence-corrected chi connectivity index (χ3v) is 5.69. The normalized spacial score (nSPS) is 16.1. The van der Waals surface area contributed by atoms with Crippen molar-refractivity contribution in [2.24, 2.45) is 0 Å². The van der Waals surface area contributed by atoms with Crippen molar-refractivity contribution in [3.05, 3.63) is 48.0 Å². The smallest absolute Gasteiger partial charge is 0.458 e. The second-order valence-electron chi connectivity index (χ2n) is 8.54. The molecule has 178 valence electrons. The van der Waals surface area contributed by atoms with Gasteiger partial charge in [-0.15, -0.1) is 0 Å². The number of unbranched alkanes of at least 4 members (excludes halogenated alkanes) is 5. The number of carbonyl (C=O) groups is 2. The van der Waals surface area contributed by atoms with Crippen molar-refractivity contribution in [1.29, 1.82) is 0 Å². The molecule has 0 radical (unpaired) electrons. The van der Waals surface area contributed by atoms with E-state index in [1.165, 1.54) is 31.8 Å². The van der Waals surface area contributed by atoms with Crippen LogP contribution in [0.5, 0.6) is 0 Å². The largest absolute Gasteiger partial charge is 0.509 e. The number of ether oxygens (including phenoxy) is 3. The summed E-state index contributed by atoms with van der Waals surface area (Å²) in [6.45, 7) is 4.23. The van der Waals surface area contributed by atoms with Gasteiger partial charge in [0, 0.05) is 19.2 Å². The first kappa shape index (κ1) is 25.9. The fourth-order valence-corrected chi connectivity index (χ4v) is 3.67. The van der Waals surface area contributed by atoms with Crippen molar-refractivity contribution in [3.8, 4) is 0 Å². The first-order chi connectivity index (χ1) is 15.6. The van der Waals surface area contributed by atoms with Crippen LogP contribution in [0, 0.1) is 0 Å². The van der Waals surface area contributed by atoms with E-state index in [9.17, 15) is 9.59 Å². The number of hydrogen-bond donors (Lipinski definition) is 0. The molecule has 0 N–H and O–H groups in total. The summed E-state index contributed by atoms with van der Waals surface area (Å²) in [7, 11) is 2.06. The summed E-state index contributed by atoms with van der Waals surface area (Å²) in [4.78, 5) is 26.7. The number of benzene rings is 1. The molecule has 2 rings (SSSR count). The van der Waals surface area contributed by atoms with Gasteiger partial charge in [-0.2, -0.15) is 0 Å². The predicted octanol–water partition coefficient (Wildman–Crippen LogP) is 5.65. The molecule has 0 aromatic heterocycles. The van der Waals surface area contributed by atoms with Crippen molar-refractivity contribution in [2.45, 2.75) is 83.5 Å². The Bertz CT molecular complexity index is 683. The van der Waals surface area contributed by atoms with Gasteiger partial charge in [-0.1, -0.05) is 69.4 Å². The summed E-state index contributed by atoms with van der Waals surface area (Å²) < 4.78 is 16.3. The second kappa shape index (κ2) is 15.5. The highest BCUT2D eigenvalue weighted by Gasteiger charge is 2.22. The predicted molar refractivity (Wildman–Crippen MR) is 125 cm³/mol. The minimum absolute atomic E-state index is 0.104. The molecule has 1 aromatic carbocycles. The van der Waals surface area contributed by atoms with E-state index in [4.69, 9.17) is 14.2 Å². The molecule has 0 spiro atoms. The maximum atomic E-state index is 12.3. The van der Waals surface area contributed by atoms with Gasteiger partial charge < -0.3 is 19.1 Å². The van der Waals surface area contributed by atoms with E-state index in [-0.39, 0.29) is 12.7 Å². The van der Waals surface area contributed by atoms with Gasteiger partial charge in [-0.05, 0) is 44.4 Å². The van der Waals surface area contributed by atoms with Gasteiger partial charge in [0.05, 0.1) is 0 Å². The van der Waals surface area contributed by atoms with Gasteiger partial charge in [0.25, 0.3) is 0 Å². The molecule has 1 saturated heterocycles. The summed E-state index contributed by atoms with van der Waals surface area (Å²) in [6.07, 6.45) is 10.9. The van der Waals surface area contributed by atoms with Crippen LogP contribution in [0.4, 0.5) is 4.79 Å². The quantitative estimate of drug-likeness (QED) is 0.222. The molecule has 1 fully saturated rings. The molecule has 1 heterocycles. The Morgan fingerprint density at radius 2 is 1.75 bits per heavy atom. The molecule has 1 aliphatic rings. The standard InChI is InChI=1S/C26H39NO5/c1-3-4-5-6-7-11-14-23(31-26(29)32-24-17-19-27(2)20-18-24)15-16-25(28)30-21-22-12-9-8-10-13-22/h8-10,12-13,15-16,23-24H,3-7,11,14,17-21H2,1-2H3. The van der Waals surface area contributed by atoms with Gasteiger partial charge in [0.2, 0.25) is 0 Å². The average molecular weight is 446 g/mol. The van der Waals surface area contributed by atoms with Crippen molar-refractivity contribution >= 4 is 12.1 Å². The molecule has 1 unspecified atom stereocenters. The number of likely N-dealkylation sites (tertiary alicyclic amines) is 1. The van der Waals surface area contributed by atoms with Crippen LogP contribution in [0.15, 0.2) is 42.5 Å². The molecule has 1 atom stereocenters. The molecule has 1 aliphatic heterocycles. The van der Waals surface area contributed by atoms with Crippen LogP contribution in [0.2, 0.25) is 0 Å². The van der Waals surface area contributed by atoms with Crippen molar-refractivity contribution < 1.29 is 23.8 Å². The van der Waals surface area contributed by atoms with Gasteiger partial charge in [-0.3, -0.25) is 0 Å². The lowest BCUT2D eigenvalue weighted by atomic mass is 10.1. The van der Waals surface area contributed by atoms with Gasteiger partial charge >= 0.3 is 12.1 Å². The monoisotopic (exact) mass is 445 g/mol. The van der Waals surface area contributed by atoms with Crippen LogP contribution in [0.1, 0.15) is 70.3 Å². The highest BCUT2D eigenvalue weighted by molar-refractivity contribution is 5.82. The zero-order valence-corrected chi connectivity index (χ0v) is 19.7. The first-order valence-corrected chi connectivity index (χ1v) is 12.0. The average Bonchev–Trinajstić information content (AvgIpc) is 2.80. The van der Waals surface area contributed by atoms with Crippen LogP contribution in [0.3, 0.4) is 0 Å². The Morgan fingerprint density at radius 3 is 2.47 bits per heavy atom. The van der Waals surface area contributed by atoms with E-state index in [1.54, 1.807) is 6.08 Å². The molecule has 0 amide bonds. The third-order valence-electron chi connectivity index (χ3n) is 5.69. The Kier molecular flexibility index (Phi) is 12.5. The van der Waals surface area contributed by atoms with Crippen LogP contribution in [-0.2, 0) is 25.6 Å². The molecule has 0 bridgehead atoms. The number of piperidine rings is 1. The summed E-state index contributed by atoms with van der Waals surface area (Å²) in [5, 5.41) is 0. The van der Waals surface area contributed by atoms with E-state index < -0.39 is 18.2 Å². The van der Waals surface area contributed by atoms with Crippen LogP contribution >= 0.6 is 0 Å². The van der Waals surface area contributed by atoms with E-state index in [0.717, 1.165) is 44.3 Å². The molecular formula is C26H39NO5. The second-order valence-corrected chi connectivity index (χ2v) is 8.54. The number of esters is 1. The maximum Gasteiger partial charge on any atom is 0.509 e. The molecule has 32 heavy (non-hydrogen) atoms. The number of hydrogen-bond acceptors (Lipinski definition) is 6. The van der Waals surface area contributed by atoms with E-state index >= 15 is 0 Å². The summed E-state index contributed by atoms with van der Waals surface area (Å²) in [5.74, 6) is -0.450. The minimum Gasteiger partial charge on any atom is -0.458 e. The molecule has 6 nitrogen and oxygen atoms in total. The third kappa shape index (κ3) is 11.3. The Morgan fingerprint density at radius 1 is 1.06 bits per heavy atom. The Balaban J connectivity index is 1.81. The van der Waals surface area contributed by atoms with Gasteiger partial charge in [0.1, 0.15) is 18.8 Å². The van der Waals surface area contributed by atoms with Crippen molar-refractivity contribution in [2.75, 3.05) is 20.1 Å². The summed E-state index contributed by atoms with van der Waals surface area (Å²) in [6, 6.07) is 9.53. The van der Waals surface area contributed by atoms with Crippen molar-refractivity contribution in [3.63, 3.8) is 0 Å². The van der Waals surface area contributed by atoms with Crippen molar-refractivity contribution in [1.82, 2.24) is 4.90 Å². The fourth-order valence-electron chi connectivity index (χ4n) is 3.67. The maximum absolute atomic E-state index is 12.3. The van der Waals surface area contributed by atoms with Crippen LogP contribution in [-0.4, -0.2) is 49.4 Å². The highest BCUT2D eigenvalue weighted by atomic mass is 16.7. The molecule has 0 aliphatic carbocycles. The van der Waals surface area contributed by atoms with E-state index in [2.05, 4.69) is 18.9 Å². The molecule has 6 heteroatoms. The Labute approximate surface area is 192 Å². The zero-order chi connectivity index (χ0) is 23.0. The lowest BCUT2D eigenvalue weighted by Gasteiger charge is -2.28. The summed E-state index contributed by atoms with van der Waals surface area (Å²) >= 11 is 0. The topological polar surface area (TPSA) is 65.1 Å². The first-order valence-electron chi connectivity index (χ1n) is 12.0.